The van der Waals surface area contributed by atoms with Crippen molar-refractivity contribution in [2.75, 3.05) is 45.6 Å². The molecule has 0 bridgehead atoms. The standard InChI is InChI=1S/C21H28FN5O/c1-23-21-24-13-18(14-25-21)20(28)26(2)15-16-7-10-27(11-8-16)12-9-17-5-3-4-6-19(17)22/h3-6,13-14,16H,7-12,15H2,1-2H3,(H,23,24,25). The number of nitrogens with one attached hydrogen (secondary N) is 1. The van der Waals surface area contributed by atoms with Gasteiger partial charge < -0.3 is 15.1 Å². The first-order valence-corrected chi connectivity index (χ1v) is 9.78. The van der Waals surface area contributed by atoms with Gasteiger partial charge in [-0.2, -0.15) is 0 Å². The van der Waals surface area contributed by atoms with E-state index in [0.29, 0.717) is 17.4 Å². The molecule has 1 aliphatic heterocycles. The number of anilines is 1. The number of benzene rings is 1. The van der Waals surface area contributed by atoms with Crippen molar-refractivity contribution < 1.29 is 9.18 Å². The fraction of sp³-hybridized carbons (Fsp3) is 0.476. The predicted octanol–water partition coefficient (Wildman–Crippen LogP) is 2.68. The maximum Gasteiger partial charge on any atom is 0.256 e. The number of halogens is 1. The molecule has 7 heteroatoms. The van der Waals surface area contributed by atoms with Crippen LogP contribution < -0.4 is 5.32 Å². The van der Waals surface area contributed by atoms with Crippen LogP contribution in [0.1, 0.15) is 28.8 Å². The molecule has 3 rings (SSSR count). The molecule has 0 unspecified atom stereocenters. The minimum absolute atomic E-state index is 0.0513. The van der Waals surface area contributed by atoms with E-state index in [9.17, 15) is 9.18 Å². The molecule has 2 aromatic rings. The van der Waals surface area contributed by atoms with Crippen LogP contribution in [0.25, 0.3) is 0 Å². The first-order valence-electron chi connectivity index (χ1n) is 9.78. The number of carbonyl (C=O) groups excluding carboxylic acids is 1. The van der Waals surface area contributed by atoms with Crippen LogP contribution in [0, 0.1) is 11.7 Å². The number of rotatable bonds is 7. The summed E-state index contributed by atoms with van der Waals surface area (Å²) in [5.41, 5.74) is 1.28. The van der Waals surface area contributed by atoms with Gasteiger partial charge in [0.05, 0.1) is 5.56 Å². The molecular formula is C21H28FN5O. The summed E-state index contributed by atoms with van der Waals surface area (Å²) in [6.07, 6.45) is 5.94. The van der Waals surface area contributed by atoms with Gasteiger partial charge in [-0.05, 0) is 49.9 Å². The summed E-state index contributed by atoms with van der Waals surface area (Å²) in [6.45, 7) is 3.58. The lowest BCUT2D eigenvalue weighted by Crippen LogP contribution is -2.40. The first-order chi connectivity index (χ1) is 13.6. The van der Waals surface area contributed by atoms with Crippen LogP contribution in [-0.4, -0.2) is 65.9 Å². The largest absolute Gasteiger partial charge is 0.357 e. The van der Waals surface area contributed by atoms with E-state index in [2.05, 4.69) is 20.2 Å². The van der Waals surface area contributed by atoms with E-state index >= 15 is 0 Å². The second-order valence-electron chi connectivity index (χ2n) is 7.36. The Kier molecular flexibility index (Phi) is 6.92. The maximum absolute atomic E-state index is 13.7. The third-order valence-electron chi connectivity index (χ3n) is 5.36. The van der Waals surface area contributed by atoms with Crippen molar-refractivity contribution in [3.63, 3.8) is 0 Å². The molecule has 1 aromatic heterocycles. The normalized spacial score (nSPS) is 15.4. The molecule has 1 amide bonds. The Hall–Kier alpha value is -2.54. The number of piperidine rings is 1. The minimum atomic E-state index is -0.121. The molecule has 0 saturated carbocycles. The molecule has 1 fully saturated rings. The zero-order valence-corrected chi connectivity index (χ0v) is 16.6. The molecule has 1 saturated heterocycles. The van der Waals surface area contributed by atoms with E-state index in [1.165, 1.54) is 6.07 Å². The van der Waals surface area contributed by atoms with Crippen LogP contribution in [-0.2, 0) is 6.42 Å². The summed E-state index contributed by atoms with van der Waals surface area (Å²) in [5.74, 6) is 0.812. The van der Waals surface area contributed by atoms with Gasteiger partial charge in [-0.15, -0.1) is 0 Å². The SMILES string of the molecule is CNc1ncc(C(=O)N(C)CC2CCN(CCc3ccccc3F)CC2)cn1. The highest BCUT2D eigenvalue weighted by atomic mass is 19.1. The quantitative estimate of drug-likeness (QED) is 0.794. The third-order valence-corrected chi connectivity index (χ3v) is 5.36. The molecule has 1 aromatic carbocycles. The Morgan fingerprint density at radius 3 is 2.57 bits per heavy atom. The minimum Gasteiger partial charge on any atom is -0.357 e. The Labute approximate surface area is 165 Å². The number of aromatic nitrogens is 2. The molecule has 28 heavy (non-hydrogen) atoms. The lowest BCUT2D eigenvalue weighted by molar-refractivity contribution is 0.0739. The smallest absolute Gasteiger partial charge is 0.256 e. The van der Waals surface area contributed by atoms with Crippen LogP contribution >= 0.6 is 0 Å². The number of hydrogen-bond acceptors (Lipinski definition) is 5. The number of likely N-dealkylation sites (tertiary alicyclic amines) is 1. The summed E-state index contributed by atoms with van der Waals surface area (Å²) in [7, 11) is 3.57. The van der Waals surface area contributed by atoms with Crippen molar-refractivity contribution in [2.45, 2.75) is 19.3 Å². The Morgan fingerprint density at radius 2 is 1.93 bits per heavy atom. The molecule has 2 heterocycles. The number of carbonyl (C=O) groups is 1. The third kappa shape index (κ3) is 5.25. The summed E-state index contributed by atoms with van der Waals surface area (Å²) >= 11 is 0. The maximum atomic E-state index is 13.7. The lowest BCUT2D eigenvalue weighted by Gasteiger charge is -2.34. The van der Waals surface area contributed by atoms with Gasteiger partial charge in [0.2, 0.25) is 5.95 Å². The molecule has 0 atom stereocenters. The molecule has 0 spiro atoms. The van der Waals surface area contributed by atoms with Crippen molar-refractivity contribution in [1.82, 2.24) is 19.8 Å². The molecule has 0 radical (unpaired) electrons. The van der Waals surface area contributed by atoms with Crippen molar-refractivity contribution in [2.24, 2.45) is 5.92 Å². The van der Waals surface area contributed by atoms with Crippen molar-refractivity contribution >= 4 is 11.9 Å². The molecule has 1 N–H and O–H groups in total. The zero-order valence-electron chi connectivity index (χ0n) is 16.6. The van der Waals surface area contributed by atoms with Gasteiger partial charge in [0.1, 0.15) is 5.82 Å². The fourth-order valence-electron chi connectivity index (χ4n) is 3.63. The van der Waals surface area contributed by atoms with E-state index in [0.717, 1.165) is 51.0 Å². The fourth-order valence-corrected chi connectivity index (χ4v) is 3.63. The van der Waals surface area contributed by atoms with Crippen LogP contribution in [0.3, 0.4) is 0 Å². The van der Waals surface area contributed by atoms with Gasteiger partial charge in [0, 0.05) is 39.6 Å². The van der Waals surface area contributed by atoms with Gasteiger partial charge in [0.25, 0.3) is 5.91 Å². The molecular weight excluding hydrogens is 357 g/mol. The van der Waals surface area contributed by atoms with Gasteiger partial charge in [-0.25, -0.2) is 14.4 Å². The number of nitrogens with zero attached hydrogens (tertiary/aromatic N) is 4. The summed E-state index contributed by atoms with van der Waals surface area (Å²) in [4.78, 5) is 24.9. The van der Waals surface area contributed by atoms with Crippen LogP contribution in [0.5, 0.6) is 0 Å². The average Bonchev–Trinajstić information content (AvgIpc) is 2.73. The van der Waals surface area contributed by atoms with E-state index in [1.54, 1.807) is 30.4 Å². The highest BCUT2D eigenvalue weighted by Crippen LogP contribution is 2.19. The zero-order chi connectivity index (χ0) is 19.9. The summed E-state index contributed by atoms with van der Waals surface area (Å²) in [6, 6.07) is 6.99. The molecule has 150 valence electrons. The Balaban J connectivity index is 1.43. The highest BCUT2D eigenvalue weighted by Gasteiger charge is 2.23. The van der Waals surface area contributed by atoms with Crippen LogP contribution in [0.4, 0.5) is 10.3 Å². The second kappa shape index (κ2) is 9.59. The number of hydrogen-bond donors (Lipinski definition) is 1. The topological polar surface area (TPSA) is 61.4 Å². The molecule has 6 nitrogen and oxygen atoms in total. The van der Waals surface area contributed by atoms with Gasteiger partial charge in [-0.3, -0.25) is 4.79 Å². The Bertz CT molecular complexity index is 775. The highest BCUT2D eigenvalue weighted by molar-refractivity contribution is 5.93. The van der Waals surface area contributed by atoms with E-state index in [4.69, 9.17) is 0 Å². The van der Waals surface area contributed by atoms with Gasteiger partial charge in [0.15, 0.2) is 0 Å². The second-order valence-corrected chi connectivity index (χ2v) is 7.36. The molecule has 0 aliphatic carbocycles. The average molecular weight is 385 g/mol. The van der Waals surface area contributed by atoms with Gasteiger partial charge >= 0.3 is 0 Å². The van der Waals surface area contributed by atoms with Gasteiger partial charge in [-0.1, -0.05) is 18.2 Å². The van der Waals surface area contributed by atoms with E-state index in [1.807, 2.05) is 19.2 Å². The van der Waals surface area contributed by atoms with Crippen LogP contribution in [0.15, 0.2) is 36.7 Å². The van der Waals surface area contributed by atoms with E-state index < -0.39 is 0 Å². The lowest BCUT2D eigenvalue weighted by atomic mass is 9.95. The monoisotopic (exact) mass is 385 g/mol. The van der Waals surface area contributed by atoms with Crippen molar-refractivity contribution in [1.29, 1.82) is 0 Å². The van der Waals surface area contributed by atoms with Crippen LogP contribution in [0.2, 0.25) is 0 Å². The van der Waals surface area contributed by atoms with Crippen molar-refractivity contribution in [3.8, 4) is 0 Å². The first kappa shape index (κ1) is 20.2. The molecule has 1 aliphatic rings. The summed E-state index contributed by atoms with van der Waals surface area (Å²) < 4.78 is 13.7. The summed E-state index contributed by atoms with van der Waals surface area (Å²) in [5, 5.41) is 2.84. The van der Waals surface area contributed by atoms with Crippen molar-refractivity contribution in [3.05, 3.63) is 53.6 Å². The number of amides is 1. The van der Waals surface area contributed by atoms with E-state index in [-0.39, 0.29) is 11.7 Å². The Morgan fingerprint density at radius 1 is 1.25 bits per heavy atom. The predicted molar refractivity (Wildman–Crippen MR) is 108 cm³/mol.